The Bertz CT molecular complexity index is 707. The summed E-state index contributed by atoms with van der Waals surface area (Å²) >= 11 is 0. The number of hydrogen-bond donors (Lipinski definition) is 1. The fourth-order valence-electron chi connectivity index (χ4n) is 2.63. The van der Waals surface area contributed by atoms with Gasteiger partial charge in [-0.2, -0.15) is 0 Å². The van der Waals surface area contributed by atoms with Crippen molar-refractivity contribution in [1.82, 2.24) is 9.80 Å². The van der Waals surface area contributed by atoms with Crippen molar-refractivity contribution in [3.63, 3.8) is 0 Å². The summed E-state index contributed by atoms with van der Waals surface area (Å²) in [5.41, 5.74) is 0.665. The lowest BCUT2D eigenvalue weighted by molar-refractivity contribution is -0.114. The lowest BCUT2D eigenvalue weighted by Crippen LogP contribution is -2.51. The van der Waals surface area contributed by atoms with E-state index in [4.69, 9.17) is 12.6 Å². The highest BCUT2D eigenvalue weighted by Crippen LogP contribution is 2.18. The monoisotopic (exact) mass is 357 g/mol. The summed E-state index contributed by atoms with van der Waals surface area (Å²) in [4.78, 5) is 39.5. The molecule has 1 heterocycles. The molecule has 0 saturated carbocycles. The molecule has 2 radical (unpaired) electrons. The SMILES string of the molecule is [B]c1ccc(C(=O)N2CCN(C(=O)OC(C)(C)C)CC2)c(NC(C)=O)c1. The number of nitrogens with one attached hydrogen (secondary N) is 1. The minimum Gasteiger partial charge on any atom is -0.444 e. The topological polar surface area (TPSA) is 79.0 Å². The van der Waals surface area contributed by atoms with Crippen LogP contribution in [0.4, 0.5) is 10.5 Å². The molecule has 0 bridgehead atoms. The largest absolute Gasteiger partial charge is 0.444 e. The molecule has 1 aromatic carbocycles. The molecule has 1 fully saturated rings. The normalized spacial score (nSPS) is 14.8. The molecule has 0 spiro atoms. The minimum absolute atomic E-state index is 0.211. The van der Waals surface area contributed by atoms with E-state index in [9.17, 15) is 14.4 Å². The summed E-state index contributed by atoms with van der Waals surface area (Å²) in [6.07, 6.45) is -0.379. The number of benzene rings is 1. The van der Waals surface area contributed by atoms with Gasteiger partial charge in [-0.25, -0.2) is 4.79 Å². The molecule has 1 aliphatic rings. The van der Waals surface area contributed by atoms with Gasteiger partial charge in [-0.1, -0.05) is 11.5 Å². The van der Waals surface area contributed by atoms with E-state index in [2.05, 4.69) is 5.32 Å². The van der Waals surface area contributed by atoms with E-state index >= 15 is 0 Å². The van der Waals surface area contributed by atoms with Gasteiger partial charge < -0.3 is 19.9 Å². The van der Waals surface area contributed by atoms with E-state index < -0.39 is 5.60 Å². The molecule has 8 heteroatoms. The van der Waals surface area contributed by atoms with Crippen LogP contribution in [-0.4, -0.2) is 67.3 Å². The van der Waals surface area contributed by atoms with Crippen LogP contribution >= 0.6 is 0 Å². The Morgan fingerprint density at radius 2 is 1.65 bits per heavy atom. The molecule has 0 aromatic heterocycles. The number of rotatable bonds is 2. The maximum atomic E-state index is 12.8. The average molecular weight is 357 g/mol. The number of anilines is 1. The second kappa shape index (κ2) is 7.80. The molecule has 0 unspecified atom stereocenters. The summed E-state index contributed by atoms with van der Waals surface area (Å²) in [6, 6.07) is 4.78. The lowest BCUT2D eigenvalue weighted by Gasteiger charge is -2.35. The van der Waals surface area contributed by atoms with Crippen molar-refractivity contribution >= 4 is 36.9 Å². The van der Waals surface area contributed by atoms with Crippen LogP contribution in [-0.2, 0) is 9.53 Å². The van der Waals surface area contributed by atoms with Crippen LogP contribution in [0.15, 0.2) is 18.2 Å². The summed E-state index contributed by atoms with van der Waals surface area (Å²) in [7, 11) is 5.75. The summed E-state index contributed by atoms with van der Waals surface area (Å²) in [6.45, 7) is 8.39. The van der Waals surface area contributed by atoms with Crippen LogP contribution in [0.25, 0.3) is 0 Å². The molecule has 1 aromatic rings. The van der Waals surface area contributed by atoms with E-state index in [-0.39, 0.29) is 17.9 Å². The molecule has 0 aliphatic carbocycles. The predicted octanol–water partition coefficient (Wildman–Crippen LogP) is 1.13. The Kier molecular flexibility index (Phi) is 5.95. The molecule has 1 aliphatic heterocycles. The third-order valence-corrected chi connectivity index (χ3v) is 3.80. The summed E-state index contributed by atoms with van der Waals surface area (Å²) in [5, 5.41) is 2.64. The van der Waals surface area contributed by atoms with Crippen molar-refractivity contribution in [2.45, 2.75) is 33.3 Å². The highest BCUT2D eigenvalue weighted by Gasteiger charge is 2.28. The van der Waals surface area contributed by atoms with Crippen molar-refractivity contribution in [2.24, 2.45) is 0 Å². The van der Waals surface area contributed by atoms with Gasteiger partial charge in [-0.05, 0) is 32.9 Å². The highest BCUT2D eigenvalue weighted by atomic mass is 16.6. The van der Waals surface area contributed by atoms with Gasteiger partial charge in [0.15, 0.2) is 0 Å². The number of ether oxygens (including phenoxy) is 1. The Balaban J connectivity index is 2.05. The van der Waals surface area contributed by atoms with Crippen LogP contribution in [0.1, 0.15) is 38.1 Å². The number of carbonyl (C=O) groups is 3. The van der Waals surface area contributed by atoms with E-state index in [1.807, 2.05) is 20.8 Å². The summed E-state index contributed by atoms with van der Waals surface area (Å²) < 4.78 is 5.36. The third-order valence-electron chi connectivity index (χ3n) is 3.80. The van der Waals surface area contributed by atoms with E-state index in [0.717, 1.165) is 0 Å². The van der Waals surface area contributed by atoms with E-state index in [1.54, 1.807) is 28.0 Å². The van der Waals surface area contributed by atoms with Crippen LogP contribution in [0, 0.1) is 0 Å². The number of amides is 3. The van der Waals surface area contributed by atoms with Gasteiger partial charge in [-0.15, -0.1) is 0 Å². The van der Waals surface area contributed by atoms with Crippen LogP contribution in [0.5, 0.6) is 0 Å². The van der Waals surface area contributed by atoms with Gasteiger partial charge >= 0.3 is 6.09 Å². The van der Waals surface area contributed by atoms with E-state index in [1.165, 1.54) is 6.92 Å². The lowest BCUT2D eigenvalue weighted by atomic mass is 9.93. The zero-order chi connectivity index (χ0) is 19.5. The van der Waals surface area contributed by atoms with Crippen LogP contribution in [0.2, 0.25) is 0 Å². The minimum atomic E-state index is -0.554. The Morgan fingerprint density at radius 3 is 2.19 bits per heavy atom. The van der Waals surface area contributed by atoms with Crippen molar-refractivity contribution < 1.29 is 19.1 Å². The number of carbonyl (C=O) groups excluding carboxylic acids is 3. The van der Waals surface area contributed by atoms with Crippen LogP contribution < -0.4 is 10.8 Å². The second-order valence-electron chi connectivity index (χ2n) is 7.25. The smallest absolute Gasteiger partial charge is 0.410 e. The van der Waals surface area contributed by atoms with Crippen molar-refractivity contribution in [1.29, 1.82) is 0 Å². The van der Waals surface area contributed by atoms with Gasteiger partial charge in [0.1, 0.15) is 13.4 Å². The quantitative estimate of drug-likeness (QED) is 0.805. The van der Waals surface area contributed by atoms with Crippen LogP contribution in [0.3, 0.4) is 0 Å². The molecule has 138 valence electrons. The fraction of sp³-hybridized carbons (Fsp3) is 0.500. The second-order valence-corrected chi connectivity index (χ2v) is 7.25. The molecule has 7 nitrogen and oxygen atoms in total. The van der Waals surface area contributed by atoms with Gasteiger partial charge in [0, 0.05) is 33.1 Å². The summed E-state index contributed by atoms with van der Waals surface area (Å²) in [5.74, 6) is -0.489. The Hall–Kier alpha value is -2.51. The van der Waals surface area contributed by atoms with Crippen molar-refractivity contribution in [3.8, 4) is 0 Å². The molecule has 2 rings (SSSR count). The number of hydrogen-bond acceptors (Lipinski definition) is 4. The Morgan fingerprint density at radius 1 is 1.08 bits per heavy atom. The first-order valence-corrected chi connectivity index (χ1v) is 8.51. The maximum Gasteiger partial charge on any atom is 0.410 e. The first-order chi connectivity index (χ1) is 12.1. The predicted molar refractivity (Wildman–Crippen MR) is 99.8 cm³/mol. The molecular formula is C18H24BN3O4. The zero-order valence-electron chi connectivity index (χ0n) is 15.7. The average Bonchev–Trinajstić information content (AvgIpc) is 2.52. The first-order valence-electron chi connectivity index (χ1n) is 8.51. The van der Waals surface area contributed by atoms with Crippen molar-refractivity contribution in [2.75, 3.05) is 31.5 Å². The van der Waals surface area contributed by atoms with Gasteiger partial charge in [0.25, 0.3) is 5.91 Å². The molecular weight excluding hydrogens is 333 g/mol. The molecule has 0 atom stereocenters. The van der Waals surface area contributed by atoms with Crippen molar-refractivity contribution in [3.05, 3.63) is 23.8 Å². The van der Waals surface area contributed by atoms with E-state index in [0.29, 0.717) is 42.9 Å². The van der Waals surface area contributed by atoms with Gasteiger partial charge in [0.05, 0.1) is 11.3 Å². The number of piperazine rings is 1. The molecule has 1 saturated heterocycles. The maximum absolute atomic E-state index is 12.8. The fourth-order valence-corrected chi connectivity index (χ4v) is 2.63. The van der Waals surface area contributed by atoms with Gasteiger partial charge in [-0.3, -0.25) is 9.59 Å². The molecule has 3 amide bonds. The third kappa shape index (κ3) is 5.24. The first kappa shape index (κ1) is 19.8. The Labute approximate surface area is 155 Å². The zero-order valence-corrected chi connectivity index (χ0v) is 15.7. The van der Waals surface area contributed by atoms with Gasteiger partial charge in [0.2, 0.25) is 5.91 Å². The standard InChI is InChI=1S/C18H24BN3O4/c1-12(23)20-15-11-13(19)5-6-14(15)16(24)21-7-9-22(10-8-21)17(25)26-18(2,3)4/h5-6,11H,7-10H2,1-4H3,(H,20,23). The highest BCUT2D eigenvalue weighted by molar-refractivity contribution is 6.33. The molecule has 1 N–H and O–H groups in total. The number of nitrogens with zero attached hydrogens (tertiary/aromatic N) is 2. The molecule has 26 heavy (non-hydrogen) atoms.